The zero-order chi connectivity index (χ0) is 16.7. The monoisotopic (exact) mass is 328 g/mol. The van der Waals surface area contributed by atoms with Crippen LogP contribution >= 0.6 is 0 Å². The molecule has 6 heteroatoms. The van der Waals surface area contributed by atoms with Crippen LogP contribution in [0.15, 0.2) is 24.3 Å². The van der Waals surface area contributed by atoms with E-state index in [2.05, 4.69) is 5.10 Å². The van der Waals surface area contributed by atoms with E-state index in [0.717, 1.165) is 49.9 Å². The van der Waals surface area contributed by atoms with Gasteiger partial charge in [0.1, 0.15) is 11.5 Å². The molecule has 1 aromatic heterocycles. The van der Waals surface area contributed by atoms with Crippen LogP contribution in [0.3, 0.4) is 0 Å². The largest absolute Gasteiger partial charge is 0.333 e. The summed E-state index contributed by atoms with van der Waals surface area (Å²) in [5, 5.41) is 4.52. The summed E-state index contributed by atoms with van der Waals surface area (Å²) < 4.78 is 15.8. The predicted octanol–water partition coefficient (Wildman–Crippen LogP) is 2.06. The van der Waals surface area contributed by atoms with Gasteiger partial charge in [0.05, 0.1) is 0 Å². The van der Waals surface area contributed by atoms with Gasteiger partial charge >= 0.3 is 0 Å². The van der Waals surface area contributed by atoms with Crippen LogP contribution in [0, 0.1) is 5.82 Å². The lowest BCUT2D eigenvalue weighted by molar-refractivity contribution is 0.0733. The van der Waals surface area contributed by atoms with Crippen LogP contribution in [0.1, 0.15) is 41.0 Å². The third kappa shape index (κ3) is 2.33. The number of hydrogen-bond acceptors (Lipinski definition) is 3. The molecule has 1 saturated heterocycles. The Hall–Kier alpha value is -2.21. The van der Waals surface area contributed by atoms with Crippen LogP contribution in [0.4, 0.5) is 4.39 Å². The van der Waals surface area contributed by atoms with Crippen molar-refractivity contribution in [2.75, 3.05) is 13.1 Å². The zero-order valence-corrected chi connectivity index (χ0v) is 13.5. The first kappa shape index (κ1) is 15.3. The maximum Gasteiger partial charge on any atom is 0.274 e. The SMILES string of the molecule is NCC1CCCN1C(=O)c1nn(-c2ccccc2F)c2c1CCC2. The van der Waals surface area contributed by atoms with Crippen LogP contribution in [0.2, 0.25) is 0 Å². The van der Waals surface area contributed by atoms with E-state index < -0.39 is 0 Å². The molecule has 1 atom stereocenters. The van der Waals surface area contributed by atoms with Crippen LogP contribution in [0.5, 0.6) is 0 Å². The van der Waals surface area contributed by atoms with Crippen molar-refractivity contribution < 1.29 is 9.18 Å². The highest BCUT2D eigenvalue weighted by atomic mass is 19.1. The first-order chi connectivity index (χ1) is 11.7. The smallest absolute Gasteiger partial charge is 0.274 e. The van der Waals surface area contributed by atoms with Crippen molar-refractivity contribution in [1.29, 1.82) is 0 Å². The maximum atomic E-state index is 14.2. The molecule has 0 spiro atoms. The lowest BCUT2D eigenvalue weighted by atomic mass is 10.1. The van der Waals surface area contributed by atoms with Gasteiger partial charge in [-0.1, -0.05) is 12.1 Å². The average molecular weight is 328 g/mol. The first-order valence-electron chi connectivity index (χ1n) is 8.57. The number of nitrogens with zero attached hydrogens (tertiary/aromatic N) is 3. The number of halogens is 1. The molecular formula is C18H21FN4O. The molecule has 2 N–H and O–H groups in total. The minimum absolute atomic E-state index is 0.0591. The second-order valence-electron chi connectivity index (χ2n) is 6.52. The van der Waals surface area contributed by atoms with Gasteiger partial charge in [0.25, 0.3) is 5.91 Å². The topological polar surface area (TPSA) is 64.2 Å². The van der Waals surface area contributed by atoms with Gasteiger partial charge < -0.3 is 10.6 Å². The highest BCUT2D eigenvalue weighted by Gasteiger charge is 2.34. The van der Waals surface area contributed by atoms with Gasteiger partial charge in [0.15, 0.2) is 5.69 Å². The number of para-hydroxylation sites is 1. The fraction of sp³-hybridized carbons (Fsp3) is 0.444. The Kier molecular flexibility index (Phi) is 3.84. The molecule has 1 aliphatic heterocycles. The summed E-state index contributed by atoms with van der Waals surface area (Å²) in [5.41, 5.74) is 8.63. The summed E-state index contributed by atoms with van der Waals surface area (Å²) in [6.45, 7) is 1.20. The molecule has 4 rings (SSSR count). The molecule has 1 fully saturated rings. The van der Waals surface area contributed by atoms with Crippen LogP contribution < -0.4 is 5.73 Å². The highest BCUT2D eigenvalue weighted by Crippen LogP contribution is 2.30. The number of carbonyl (C=O) groups is 1. The van der Waals surface area contributed by atoms with E-state index in [9.17, 15) is 9.18 Å². The van der Waals surface area contributed by atoms with Crippen molar-refractivity contribution in [3.05, 3.63) is 47.0 Å². The Morgan fingerprint density at radius 1 is 1.29 bits per heavy atom. The zero-order valence-electron chi connectivity index (χ0n) is 13.5. The lowest BCUT2D eigenvalue weighted by Gasteiger charge is -2.22. The van der Waals surface area contributed by atoms with E-state index in [1.165, 1.54) is 6.07 Å². The Morgan fingerprint density at radius 3 is 2.92 bits per heavy atom. The summed E-state index contributed by atoms with van der Waals surface area (Å²) >= 11 is 0. The van der Waals surface area contributed by atoms with Crippen molar-refractivity contribution in [2.45, 2.75) is 38.1 Å². The normalized spacial score (nSPS) is 19.8. The second-order valence-corrected chi connectivity index (χ2v) is 6.52. The Morgan fingerprint density at radius 2 is 2.12 bits per heavy atom. The van der Waals surface area contributed by atoms with Crippen LogP contribution in [0.25, 0.3) is 5.69 Å². The molecule has 5 nitrogen and oxygen atoms in total. The van der Waals surface area contributed by atoms with Gasteiger partial charge in [-0.05, 0) is 44.2 Å². The standard InChI is InChI=1S/C18H21FN4O/c19-14-7-1-2-8-16(14)23-15-9-3-6-13(15)17(21-23)18(24)22-10-4-5-12(22)11-20/h1-2,7-8,12H,3-6,9-11,20H2. The third-order valence-electron chi connectivity index (χ3n) is 5.12. The molecule has 1 amide bonds. The summed E-state index contributed by atoms with van der Waals surface area (Å²) in [5.74, 6) is -0.383. The summed E-state index contributed by atoms with van der Waals surface area (Å²) in [6, 6.07) is 6.66. The van der Waals surface area contributed by atoms with E-state index in [0.29, 0.717) is 17.9 Å². The number of nitrogens with two attached hydrogens (primary N) is 1. The van der Waals surface area contributed by atoms with Crippen molar-refractivity contribution >= 4 is 5.91 Å². The molecule has 0 saturated carbocycles. The van der Waals surface area contributed by atoms with Crippen LogP contribution in [-0.4, -0.2) is 39.7 Å². The average Bonchev–Trinajstić information content (AvgIpc) is 3.30. The molecular weight excluding hydrogens is 307 g/mol. The molecule has 1 aromatic carbocycles. The molecule has 1 aliphatic carbocycles. The number of benzene rings is 1. The summed E-state index contributed by atoms with van der Waals surface area (Å²) in [7, 11) is 0. The molecule has 126 valence electrons. The maximum absolute atomic E-state index is 14.2. The molecule has 0 radical (unpaired) electrons. The predicted molar refractivity (Wildman–Crippen MR) is 88.7 cm³/mol. The van der Waals surface area contributed by atoms with Crippen molar-refractivity contribution in [2.24, 2.45) is 5.73 Å². The first-order valence-corrected chi connectivity index (χ1v) is 8.57. The minimum atomic E-state index is -0.324. The number of rotatable bonds is 3. The molecule has 1 unspecified atom stereocenters. The van der Waals surface area contributed by atoms with Crippen molar-refractivity contribution in [3.8, 4) is 5.69 Å². The van der Waals surface area contributed by atoms with Gasteiger partial charge in [-0.15, -0.1) is 0 Å². The molecule has 0 bridgehead atoms. The van der Waals surface area contributed by atoms with E-state index in [-0.39, 0.29) is 17.8 Å². The van der Waals surface area contributed by atoms with Crippen molar-refractivity contribution in [3.63, 3.8) is 0 Å². The summed E-state index contributed by atoms with van der Waals surface area (Å²) in [4.78, 5) is 14.8. The molecule has 2 aliphatic rings. The number of fused-ring (bicyclic) bond motifs is 1. The highest BCUT2D eigenvalue weighted by molar-refractivity contribution is 5.94. The molecule has 24 heavy (non-hydrogen) atoms. The number of carbonyl (C=O) groups excluding carboxylic acids is 1. The quantitative estimate of drug-likeness (QED) is 0.938. The minimum Gasteiger partial charge on any atom is -0.333 e. The third-order valence-corrected chi connectivity index (χ3v) is 5.12. The number of hydrogen-bond donors (Lipinski definition) is 1. The fourth-order valence-electron chi connectivity index (χ4n) is 3.92. The van der Waals surface area contributed by atoms with E-state index in [1.54, 1.807) is 22.9 Å². The van der Waals surface area contributed by atoms with E-state index >= 15 is 0 Å². The van der Waals surface area contributed by atoms with E-state index in [4.69, 9.17) is 5.73 Å². The Balaban J connectivity index is 1.77. The number of aromatic nitrogens is 2. The lowest BCUT2D eigenvalue weighted by Crippen LogP contribution is -2.40. The number of likely N-dealkylation sites (tertiary alicyclic amines) is 1. The fourth-order valence-corrected chi connectivity index (χ4v) is 3.92. The van der Waals surface area contributed by atoms with Crippen LogP contribution in [-0.2, 0) is 12.8 Å². The molecule has 2 heterocycles. The van der Waals surface area contributed by atoms with Gasteiger partial charge in [-0.3, -0.25) is 4.79 Å². The van der Waals surface area contributed by atoms with E-state index in [1.807, 2.05) is 4.90 Å². The second kappa shape index (κ2) is 6.02. The van der Waals surface area contributed by atoms with Gasteiger partial charge in [-0.25, -0.2) is 9.07 Å². The van der Waals surface area contributed by atoms with Crippen molar-refractivity contribution in [1.82, 2.24) is 14.7 Å². The van der Waals surface area contributed by atoms with Gasteiger partial charge in [0, 0.05) is 30.4 Å². The molecule has 2 aromatic rings. The number of amides is 1. The summed E-state index contributed by atoms with van der Waals surface area (Å²) in [6.07, 6.45) is 4.54. The Labute approximate surface area is 140 Å². The van der Waals surface area contributed by atoms with Gasteiger partial charge in [-0.2, -0.15) is 5.10 Å². The van der Waals surface area contributed by atoms with Gasteiger partial charge in [0.2, 0.25) is 0 Å². The Bertz CT molecular complexity index is 785.